The molecule has 4 heteroatoms. The number of furan rings is 1. The molecule has 3 aromatic heterocycles. The molecule has 0 aliphatic heterocycles. The van der Waals surface area contributed by atoms with Gasteiger partial charge in [-0.05, 0) is 47.5 Å². The second-order valence-corrected chi connectivity index (χ2v) is 11.6. The average molecular weight is 555 g/mol. The molecule has 0 atom stereocenters. The van der Waals surface area contributed by atoms with Crippen molar-refractivity contribution in [2.24, 2.45) is 0 Å². The molecule has 0 N–H and O–H groups in total. The summed E-state index contributed by atoms with van der Waals surface area (Å²) in [6.45, 7) is 0. The van der Waals surface area contributed by atoms with Crippen LogP contribution in [-0.4, -0.2) is 9.97 Å². The fourth-order valence-electron chi connectivity index (χ4n) is 6.08. The van der Waals surface area contributed by atoms with Crippen LogP contribution in [-0.2, 0) is 0 Å². The highest BCUT2D eigenvalue weighted by atomic mass is 32.1. The van der Waals surface area contributed by atoms with Gasteiger partial charge in [0.05, 0.1) is 21.4 Å². The van der Waals surface area contributed by atoms with Gasteiger partial charge in [0, 0.05) is 38.1 Å². The number of benzene rings is 6. The minimum absolute atomic E-state index is 0.902. The van der Waals surface area contributed by atoms with E-state index < -0.39 is 0 Å². The van der Waals surface area contributed by atoms with Crippen LogP contribution in [0.5, 0.6) is 0 Å². The Morgan fingerprint density at radius 2 is 1.19 bits per heavy atom. The first-order valence-electron chi connectivity index (χ1n) is 14.0. The summed E-state index contributed by atoms with van der Waals surface area (Å²) in [5.74, 6) is 0. The molecule has 3 nitrogen and oxygen atoms in total. The van der Waals surface area contributed by atoms with Crippen LogP contribution in [0.1, 0.15) is 0 Å². The Bertz CT molecular complexity index is 2440. The smallest absolute Gasteiger partial charge is 0.144 e. The third kappa shape index (κ3) is 3.59. The molecule has 9 rings (SSSR count). The highest BCUT2D eigenvalue weighted by molar-refractivity contribution is 7.21. The molecule has 0 bridgehead atoms. The van der Waals surface area contributed by atoms with Gasteiger partial charge >= 0.3 is 0 Å². The van der Waals surface area contributed by atoms with Gasteiger partial charge in [-0.15, -0.1) is 11.3 Å². The molecule has 9 aromatic rings. The first-order chi connectivity index (χ1) is 20.8. The summed E-state index contributed by atoms with van der Waals surface area (Å²) in [6, 6.07) is 46.7. The summed E-state index contributed by atoms with van der Waals surface area (Å²) in [5, 5.41) is 6.59. The van der Waals surface area contributed by atoms with Crippen LogP contribution in [0.4, 0.5) is 0 Å². The molecular weight excluding hydrogens is 532 g/mol. The van der Waals surface area contributed by atoms with E-state index in [2.05, 4.69) is 109 Å². The van der Waals surface area contributed by atoms with Crippen LogP contribution in [0.15, 0.2) is 138 Å². The first-order valence-corrected chi connectivity index (χ1v) is 14.8. The number of hydrogen-bond acceptors (Lipinski definition) is 4. The number of nitrogens with zero attached hydrogens (tertiary/aromatic N) is 2. The van der Waals surface area contributed by atoms with Crippen molar-refractivity contribution in [2.45, 2.75) is 0 Å². The van der Waals surface area contributed by atoms with Crippen molar-refractivity contribution in [2.75, 3.05) is 0 Å². The Kier molecular flexibility index (Phi) is 5.07. The number of fused-ring (bicyclic) bond motifs is 8. The molecule has 0 aliphatic carbocycles. The van der Waals surface area contributed by atoms with E-state index in [1.54, 1.807) is 11.3 Å². The fraction of sp³-hybridized carbons (Fsp3) is 0. The highest BCUT2D eigenvalue weighted by Gasteiger charge is 2.17. The van der Waals surface area contributed by atoms with E-state index in [9.17, 15) is 0 Å². The van der Waals surface area contributed by atoms with Gasteiger partial charge < -0.3 is 4.42 Å². The number of para-hydroxylation sites is 3. The number of aromatic nitrogens is 2. The summed E-state index contributed by atoms with van der Waals surface area (Å²) in [4.78, 5) is 10.0. The molecule has 6 aromatic carbocycles. The van der Waals surface area contributed by atoms with E-state index in [4.69, 9.17) is 14.4 Å². The molecule has 3 heterocycles. The van der Waals surface area contributed by atoms with Crippen molar-refractivity contribution in [1.29, 1.82) is 0 Å². The lowest BCUT2D eigenvalue weighted by molar-refractivity contribution is 0.673. The lowest BCUT2D eigenvalue weighted by Gasteiger charge is -2.12. The van der Waals surface area contributed by atoms with Crippen molar-refractivity contribution >= 4 is 65.2 Å². The lowest BCUT2D eigenvalue weighted by atomic mass is 9.95. The molecule has 0 radical (unpaired) electrons. The van der Waals surface area contributed by atoms with Gasteiger partial charge in [-0.1, -0.05) is 97.1 Å². The van der Waals surface area contributed by atoms with Gasteiger partial charge in [-0.3, -0.25) is 0 Å². The predicted octanol–water partition coefficient (Wildman–Crippen LogP) is 10.9. The zero-order valence-corrected chi connectivity index (χ0v) is 23.2. The number of hydrogen-bond donors (Lipinski definition) is 0. The van der Waals surface area contributed by atoms with E-state index in [0.29, 0.717) is 0 Å². The quantitative estimate of drug-likeness (QED) is 0.204. The maximum atomic E-state index is 6.49. The van der Waals surface area contributed by atoms with Crippen LogP contribution in [0.25, 0.3) is 86.8 Å². The highest BCUT2D eigenvalue weighted by Crippen LogP contribution is 2.41. The summed E-state index contributed by atoms with van der Waals surface area (Å²) in [6.07, 6.45) is 0. The lowest BCUT2D eigenvalue weighted by Crippen LogP contribution is -1.91. The zero-order chi connectivity index (χ0) is 27.6. The molecule has 42 heavy (non-hydrogen) atoms. The maximum absolute atomic E-state index is 6.49. The van der Waals surface area contributed by atoms with Crippen LogP contribution < -0.4 is 0 Å². The van der Waals surface area contributed by atoms with Crippen molar-refractivity contribution in [3.05, 3.63) is 133 Å². The molecule has 0 saturated carbocycles. The number of thiazole rings is 1. The van der Waals surface area contributed by atoms with Crippen LogP contribution in [0.3, 0.4) is 0 Å². The minimum atomic E-state index is 0.902. The van der Waals surface area contributed by atoms with Crippen molar-refractivity contribution < 1.29 is 4.42 Å². The third-order valence-corrected chi connectivity index (χ3v) is 9.19. The largest absolute Gasteiger partial charge is 0.455 e. The molecule has 0 amide bonds. The van der Waals surface area contributed by atoms with Crippen molar-refractivity contribution in [3.8, 4) is 33.0 Å². The van der Waals surface area contributed by atoms with E-state index >= 15 is 0 Å². The first kappa shape index (κ1) is 23.4. The third-order valence-electron chi connectivity index (χ3n) is 8.10. The standard InChI is InChI=1S/C38H22N2OS/c1-3-12-31-29(11-1)35-30(21-20-28-27-10-2-5-14-33(27)41-37(28)35)36(39-31)26-9-7-8-25(22-26)23-16-18-24(19-17-23)38-40-32-13-4-6-15-34(32)42-38/h1-22H. The monoisotopic (exact) mass is 554 g/mol. The Labute approximate surface area is 245 Å². The Morgan fingerprint density at radius 1 is 0.476 bits per heavy atom. The minimum Gasteiger partial charge on any atom is -0.455 e. The fourth-order valence-corrected chi connectivity index (χ4v) is 7.05. The van der Waals surface area contributed by atoms with Gasteiger partial charge in [0.25, 0.3) is 0 Å². The van der Waals surface area contributed by atoms with Crippen LogP contribution >= 0.6 is 11.3 Å². The number of pyridine rings is 1. The summed E-state index contributed by atoms with van der Waals surface area (Å²) in [7, 11) is 0. The van der Waals surface area contributed by atoms with Gasteiger partial charge in [0.15, 0.2) is 0 Å². The molecule has 0 saturated heterocycles. The molecule has 0 spiro atoms. The second-order valence-electron chi connectivity index (χ2n) is 10.6. The van der Waals surface area contributed by atoms with Gasteiger partial charge in [0.2, 0.25) is 0 Å². The summed E-state index contributed by atoms with van der Waals surface area (Å²) < 4.78 is 7.70. The Morgan fingerprint density at radius 3 is 2.07 bits per heavy atom. The molecule has 196 valence electrons. The Hall–Kier alpha value is -5.32. The van der Waals surface area contributed by atoms with E-state index in [1.165, 1.54) is 4.70 Å². The molecule has 0 unspecified atom stereocenters. The van der Waals surface area contributed by atoms with Crippen molar-refractivity contribution in [3.63, 3.8) is 0 Å². The number of rotatable bonds is 3. The average Bonchev–Trinajstić information content (AvgIpc) is 3.66. The van der Waals surface area contributed by atoms with E-state index in [1.807, 2.05) is 24.3 Å². The Balaban J connectivity index is 1.19. The van der Waals surface area contributed by atoms with Crippen molar-refractivity contribution in [1.82, 2.24) is 9.97 Å². The molecule has 0 fully saturated rings. The van der Waals surface area contributed by atoms with Gasteiger partial charge in [-0.2, -0.15) is 0 Å². The van der Waals surface area contributed by atoms with Gasteiger partial charge in [-0.25, -0.2) is 9.97 Å². The maximum Gasteiger partial charge on any atom is 0.144 e. The summed E-state index contributed by atoms with van der Waals surface area (Å²) in [5.41, 5.74) is 9.29. The predicted molar refractivity (Wildman–Crippen MR) is 176 cm³/mol. The topological polar surface area (TPSA) is 38.9 Å². The normalized spacial score (nSPS) is 11.8. The van der Waals surface area contributed by atoms with Crippen LogP contribution in [0, 0.1) is 0 Å². The van der Waals surface area contributed by atoms with Crippen LogP contribution in [0.2, 0.25) is 0 Å². The second kappa shape index (κ2) is 9.10. The van der Waals surface area contributed by atoms with E-state index in [-0.39, 0.29) is 0 Å². The SMILES string of the molecule is c1cc(-c2ccc(-c3nc4ccccc4s3)cc2)cc(-c2nc3ccccc3c3c2ccc2c4ccccc4oc23)c1. The molecular formula is C38H22N2OS. The van der Waals surface area contributed by atoms with E-state index in [0.717, 1.165) is 82.1 Å². The summed E-state index contributed by atoms with van der Waals surface area (Å²) >= 11 is 1.73. The zero-order valence-electron chi connectivity index (χ0n) is 22.4. The molecule has 0 aliphatic rings. The van der Waals surface area contributed by atoms with Gasteiger partial charge in [0.1, 0.15) is 16.2 Å².